The van der Waals surface area contributed by atoms with Crippen LogP contribution in [0.1, 0.15) is 22.5 Å². The maximum atomic E-state index is 12.1. The van der Waals surface area contributed by atoms with E-state index in [0.29, 0.717) is 10.3 Å². The molecule has 0 saturated carbocycles. The van der Waals surface area contributed by atoms with Gasteiger partial charge < -0.3 is 10.2 Å². The molecule has 0 atom stereocenters. The summed E-state index contributed by atoms with van der Waals surface area (Å²) in [5, 5.41) is 2.87. The number of halogens is 1. The van der Waals surface area contributed by atoms with Crippen molar-refractivity contribution in [1.82, 2.24) is 9.97 Å². The molecule has 0 unspecified atom stereocenters. The Morgan fingerprint density at radius 1 is 1.33 bits per heavy atom. The lowest BCUT2D eigenvalue weighted by Gasteiger charge is -2.27. The predicted molar refractivity (Wildman–Crippen MR) is 85.7 cm³/mol. The minimum atomic E-state index is -0.251. The number of amides is 1. The zero-order valence-corrected chi connectivity index (χ0v) is 13.2. The third kappa shape index (κ3) is 3.05. The molecule has 0 fully saturated rings. The van der Waals surface area contributed by atoms with E-state index >= 15 is 0 Å². The van der Waals surface area contributed by atoms with Crippen molar-refractivity contribution in [2.75, 3.05) is 23.8 Å². The Balaban J connectivity index is 1.79. The van der Waals surface area contributed by atoms with Gasteiger partial charge in [-0.1, -0.05) is 0 Å². The van der Waals surface area contributed by atoms with Gasteiger partial charge in [0.2, 0.25) is 0 Å². The Kier molecular flexibility index (Phi) is 3.88. The third-order valence-corrected chi connectivity index (χ3v) is 3.95. The van der Waals surface area contributed by atoms with Crippen LogP contribution in [0.15, 0.2) is 35.2 Å². The molecule has 1 aromatic carbocycles. The van der Waals surface area contributed by atoms with Crippen molar-refractivity contribution in [3.05, 3.63) is 46.5 Å². The van der Waals surface area contributed by atoms with Crippen LogP contribution in [0, 0.1) is 0 Å². The largest absolute Gasteiger partial charge is 0.374 e. The van der Waals surface area contributed by atoms with Gasteiger partial charge in [-0.2, -0.15) is 0 Å². The quantitative estimate of drug-likeness (QED) is 0.908. The number of carbonyl (C=O) groups is 1. The van der Waals surface area contributed by atoms with Crippen LogP contribution < -0.4 is 10.2 Å². The third-order valence-electron chi connectivity index (χ3n) is 3.54. The van der Waals surface area contributed by atoms with E-state index in [2.05, 4.69) is 49.2 Å². The number of carbonyl (C=O) groups excluding carboxylic acids is 1. The molecule has 3 rings (SSSR count). The molecule has 6 heteroatoms. The van der Waals surface area contributed by atoms with E-state index in [0.717, 1.165) is 25.1 Å². The molecule has 0 spiro atoms. The minimum absolute atomic E-state index is 0.251. The molecular formula is C15H15BrN4O. The smallest absolute Gasteiger partial charge is 0.275 e. The molecule has 0 bridgehead atoms. The lowest BCUT2D eigenvalue weighted by molar-refractivity contribution is 0.102. The Hall–Kier alpha value is -1.95. The van der Waals surface area contributed by atoms with Crippen LogP contribution in [0.2, 0.25) is 0 Å². The van der Waals surface area contributed by atoms with Crippen LogP contribution in [0.25, 0.3) is 0 Å². The summed E-state index contributed by atoms with van der Waals surface area (Å²) in [4.78, 5) is 22.4. The van der Waals surface area contributed by atoms with Crippen molar-refractivity contribution < 1.29 is 4.79 Å². The molecule has 5 nitrogen and oxygen atoms in total. The van der Waals surface area contributed by atoms with E-state index in [-0.39, 0.29) is 5.91 Å². The molecule has 1 aliphatic rings. The first kappa shape index (κ1) is 14.0. The van der Waals surface area contributed by atoms with E-state index in [1.165, 1.54) is 23.6 Å². The van der Waals surface area contributed by atoms with Crippen LogP contribution in [0.4, 0.5) is 11.4 Å². The number of benzene rings is 1. The highest BCUT2D eigenvalue weighted by Gasteiger charge is 2.15. The number of fused-ring (bicyclic) bond motifs is 1. The average Bonchev–Trinajstić information content (AvgIpc) is 2.48. The van der Waals surface area contributed by atoms with Gasteiger partial charge in [-0.05, 0) is 52.5 Å². The van der Waals surface area contributed by atoms with Gasteiger partial charge in [0.15, 0.2) is 0 Å². The van der Waals surface area contributed by atoms with Crippen LogP contribution in [0.3, 0.4) is 0 Å². The molecule has 0 saturated heterocycles. The first-order chi connectivity index (χ1) is 10.1. The molecule has 108 valence electrons. The van der Waals surface area contributed by atoms with Crippen LogP contribution in [-0.4, -0.2) is 29.5 Å². The number of nitrogens with zero attached hydrogens (tertiary/aromatic N) is 3. The molecule has 2 heterocycles. The average molecular weight is 347 g/mol. The number of anilines is 2. The van der Waals surface area contributed by atoms with Crippen molar-refractivity contribution in [3.8, 4) is 0 Å². The van der Waals surface area contributed by atoms with Gasteiger partial charge in [-0.3, -0.25) is 4.79 Å². The topological polar surface area (TPSA) is 58.1 Å². The zero-order valence-electron chi connectivity index (χ0n) is 11.6. The number of aryl methyl sites for hydroxylation is 1. The minimum Gasteiger partial charge on any atom is -0.374 e. The van der Waals surface area contributed by atoms with Gasteiger partial charge in [0, 0.05) is 25.0 Å². The number of aromatic nitrogens is 2. The Morgan fingerprint density at radius 2 is 2.19 bits per heavy atom. The standard InChI is InChI=1S/C15H15BrN4O/c1-20-6-2-3-10-7-11(4-5-13(10)20)19-15(21)12-8-18-14(16)9-17-12/h4-5,7-9H,2-3,6H2,1H3,(H,19,21). The molecule has 2 aromatic rings. The van der Waals surface area contributed by atoms with Gasteiger partial charge in [0.05, 0.1) is 12.4 Å². The normalized spacial score (nSPS) is 13.7. The van der Waals surface area contributed by atoms with Gasteiger partial charge in [0.25, 0.3) is 5.91 Å². The highest BCUT2D eigenvalue weighted by Crippen LogP contribution is 2.28. The number of rotatable bonds is 2. The maximum absolute atomic E-state index is 12.1. The summed E-state index contributed by atoms with van der Waals surface area (Å²) in [6, 6.07) is 6.01. The molecule has 1 aromatic heterocycles. The van der Waals surface area contributed by atoms with Crippen molar-refractivity contribution >= 4 is 33.2 Å². The fourth-order valence-corrected chi connectivity index (χ4v) is 2.69. The fraction of sp³-hybridized carbons (Fsp3) is 0.267. The fourth-order valence-electron chi connectivity index (χ4n) is 2.49. The van der Waals surface area contributed by atoms with E-state index in [1.54, 1.807) is 0 Å². The van der Waals surface area contributed by atoms with Crippen molar-refractivity contribution in [1.29, 1.82) is 0 Å². The monoisotopic (exact) mass is 346 g/mol. The molecule has 0 radical (unpaired) electrons. The second kappa shape index (κ2) is 5.81. The Morgan fingerprint density at radius 3 is 2.95 bits per heavy atom. The van der Waals surface area contributed by atoms with Crippen molar-refractivity contribution in [3.63, 3.8) is 0 Å². The first-order valence-electron chi connectivity index (χ1n) is 6.76. The lowest BCUT2D eigenvalue weighted by atomic mass is 10.0. The number of hydrogen-bond acceptors (Lipinski definition) is 4. The van der Waals surface area contributed by atoms with Gasteiger partial charge >= 0.3 is 0 Å². The molecule has 21 heavy (non-hydrogen) atoms. The summed E-state index contributed by atoms with van der Waals surface area (Å²) < 4.78 is 0.607. The van der Waals surface area contributed by atoms with Crippen LogP contribution >= 0.6 is 15.9 Å². The van der Waals surface area contributed by atoms with Crippen molar-refractivity contribution in [2.45, 2.75) is 12.8 Å². The molecule has 1 N–H and O–H groups in total. The predicted octanol–water partition coefficient (Wildman–Crippen LogP) is 2.87. The summed E-state index contributed by atoms with van der Waals surface area (Å²) in [5.41, 5.74) is 3.60. The zero-order chi connectivity index (χ0) is 14.8. The Bertz CT molecular complexity index is 672. The second-order valence-electron chi connectivity index (χ2n) is 5.05. The van der Waals surface area contributed by atoms with Crippen LogP contribution in [0.5, 0.6) is 0 Å². The van der Waals surface area contributed by atoms with E-state index < -0.39 is 0 Å². The summed E-state index contributed by atoms with van der Waals surface area (Å²) in [6.07, 6.45) is 5.14. The van der Waals surface area contributed by atoms with E-state index in [1.807, 2.05) is 12.1 Å². The van der Waals surface area contributed by atoms with E-state index in [9.17, 15) is 4.79 Å². The highest BCUT2D eigenvalue weighted by molar-refractivity contribution is 9.10. The van der Waals surface area contributed by atoms with Gasteiger partial charge in [-0.25, -0.2) is 9.97 Å². The Labute approximate surface area is 131 Å². The maximum Gasteiger partial charge on any atom is 0.275 e. The summed E-state index contributed by atoms with van der Waals surface area (Å²) in [7, 11) is 2.09. The first-order valence-corrected chi connectivity index (χ1v) is 7.56. The van der Waals surface area contributed by atoms with E-state index in [4.69, 9.17) is 0 Å². The van der Waals surface area contributed by atoms with Gasteiger partial charge in [-0.15, -0.1) is 0 Å². The molecule has 0 aliphatic carbocycles. The second-order valence-corrected chi connectivity index (χ2v) is 5.86. The van der Waals surface area contributed by atoms with Gasteiger partial charge in [0.1, 0.15) is 10.3 Å². The number of hydrogen-bond donors (Lipinski definition) is 1. The molecular weight excluding hydrogens is 332 g/mol. The summed E-state index contributed by atoms with van der Waals surface area (Å²) >= 11 is 3.20. The summed E-state index contributed by atoms with van der Waals surface area (Å²) in [5.74, 6) is -0.251. The number of nitrogens with one attached hydrogen (secondary N) is 1. The highest BCUT2D eigenvalue weighted by atomic mass is 79.9. The van der Waals surface area contributed by atoms with Crippen LogP contribution in [-0.2, 0) is 6.42 Å². The van der Waals surface area contributed by atoms with Crippen molar-refractivity contribution in [2.24, 2.45) is 0 Å². The molecule has 1 amide bonds. The summed E-state index contributed by atoms with van der Waals surface area (Å²) in [6.45, 7) is 1.08. The lowest BCUT2D eigenvalue weighted by Crippen LogP contribution is -2.24. The SMILES string of the molecule is CN1CCCc2cc(NC(=O)c3cnc(Br)cn3)ccc21. The molecule has 1 aliphatic heterocycles.